The summed E-state index contributed by atoms with van der Waals surface area (Å²) in [6.07, 6.45) is 4.21. The van der Waals surface area contributed by atoms with Crippen LogP contribution in [0.4, 0.5) is 0 Å². The van der Waals surface area contributed by atoms with Crippen molar-refractivity contribution in [3.05, 3.63) is 120 Å². The van der Waals surface area contributed by atoms with E-state index in [0.29, 0.717) is 13.2 Å². The highest BCUT2D eigenvalue weighted by atomic mass is 16.5. The van der Waals surface area contributed by atoms with E-state index in [1.54, 1.807) is 0 Å². The molecule has 43 heavy (non-hydrogen) atoms. The van der Waals surface area contributed by atoms with Crippen molar-refractivity contribution >= 4 is 0 Å². The molecule has 0 spiro atoms. The lowest BCUT2D eigenvalue weighted by Gasteiger charge is -2.19. The molecule has 0 bridgehead atoms. The minimum absolute atomic E-state index is 0.686. The van der Waals surface area contributed by atoms with Crippen molar-refractivity contribution in [3.63, 3.8) is 0 Å². The fourth-order valence-corrected chi connectivity index (χ4v) is 5.46. The van der Waals surface area contributed by atoms with Crippen molar-refractivity contribution in [1.82, 2.24) is 0 Å². The van der Waals surface area contributed by atoms with Crippen molar-refractivity contribution < 1.29 is 9.47 Å². The Kier molecular flexibility index (Phi) is 10.00. The maximum atomic E-state index is 6.47. The van der Waals surface area contributed by atoms with Crippen LogP contribution in [0, 0.1) is 20.8 Å². The van der Waals surface area contributed by atoms with Crippen molar-refractivity contribution in [2.75, 3.05) is 13.2 Å². The van der Waals surface area contributed by atoms with Crippen LogP contribution in [0.2, 0.25) is 0 Å². The number of hydrogen-bond acceptors (Lipinski definition) is 2. The third-order valence-corrected chi connectivity index (χ3v) is 8.06. The molecular formula is C41H44O2. The van der Waals surface area contributed by atoms with Gasteiger partial charge in [-0.15, -0.1) is 0 Å². The van der Waals surface area contributed by atoms with Crippen LogP contribution in [-0.4, -0.2) is 13.2 Å². The van der Waals surface area contributed by atoms with Gasteiger partial charge in [0.25, 0.3) is 0 Å². The molecule has 0 unspecified atom stereocenters. The highest BCUT2D eigenvalue weighted by Gasteiger charge is 2.16. The number of aryl methyl sites for hydroxylation is 3. The van der Waals surface area contributed by atoms with Gasteiger partial charge in [-0.1, -0.05) is 129 Å². The van der Waals surface area contributed by atoms with Crippen LogP contribution in [0.3, 0.4) is 0 Å². The molecule has 2 nitrogen and oxygen atoms in total. The molecule has 0 atom stereocenters. The highest BCUT2D eigenvalue weighted by molar-refractivity contribution is 5.83. The highest BCUT2D eigenvalue weighted by Crippen LogP contribution is 2.42. The lowest BCUT2D eigenvalue weighted by atomic mass is 9.94. The molecule has 220 valence electrons. The van der Waals surface area contributed by atoms with Crippen molar-refractivity contribution in [1.29, 1.82) is 0 Å². The van der Waals surface area contributed by atoms with Gasteiger partial charge in [-0.25, -0.2) is 0 Å². The molecule has 0 saturated carbocycles. The van der Waals surface area contributed by atoms with E-state index >= 15 is 0 Å². The fourth-order valence-electron chi connectivity index (χ4n) is 5.46. The minimum atomic E-state index is 0.686. The first-order valence-corrected chi connectivity index (χ1v) is 15.8. The van der Waals surface area contributed by atoms with E-state index in [-0.39, 0.29) is 0 Å². The summed E-state index contributed by atoms with van der Waals surface area (Å²) in [5, 5.41) is 0. The van der Waals surface area contributed by atoms with E-state index in [1.165, 1.54) is 38.9 Å². The lowest BCUT2D eigenvalue weighted by molar-refractivity contribution is 0.303. The second-order valence-electron chi connectivity index (χ2n) is 11.6. The monoisotopic (exact) mass is 568 g/mol. The molecule has 0 N–H and O–H groups in total. The molecule has 0 aliphatic rings. The van der Waals surface area contributed by atoms with E-state index < -0.39 is 0 Å². The Morgan fingerprint density at radius 1 is 0.419 bits per heavy atom. The summed E-state index contributed by atoms with van der Waals surface area (Å²) < 4.78 is 12.9. The van der Waals surface area contributed by atoms with Crippen LogP contribution in [0.15, 0.2) is 103 Å². The van der Waals surface area contributed by atoms with Crippen molar-refractivity contribution in [2.45, 2.75) is 60.3 Å². The van der Waals surface area contributed by atoms with Crippen LogP contribution in [-0.2, 0) is 0 Å². The molecule has 0 radical (unpaired) electrons. The summed E-state index contributed by atoms with van der Waals surface area (Å²) >= 11 is 0. The van der Waals surface area contributed by atoms with Gasteiger partial charge >= 0.3 is 0 Å². The average Bonchev–Trinajstić information content (AvgIpc) is 3.02. The molecule has 5 rings (SSSR count). The number of rotatable bonds is 12. The first-order chi connectivity index (χ1) is 21.0. The Hall–Kier alpha value is -4.30. The topological polar surface area (TPSA) is 18.5 Å². The maximum Gasteiger partial charge on any atom is 0.128 e. The van der Waals surface area contributed by atoms with Crippen LogP contribution in [0.5, 0.6) is 11.5 Å². The number of unbranched alkanes of at least 4 members (excludes halogenated alkanes) is 2. The zero-order chi connectivity index (χ0) is 30.2. The van der Waals surface area contributed by atoms with Crippen LogP contribution < -0.4 is 9.47 Å². The molecule has 0 fully saturated rings. The van der Waals surface area contributed by atoms with Crippen LogP contribution in [0.1, 0.15) is 56.2 Å². The van der Waals surface area contributed by atoms with Gasteiger partial charge in [0.15, 0.2) is 0 Å². The van der Waals surface area contributed by atoms with Gasteiger partial charge in [-0.05, 0) is 84.7 Å². The van der Waals surface area contributed by atoms with Gasteiger partial charge < -0.3 is 9.47 Å². The first kappa shape index (κ1) is 30.2. The molecule has 0 saturated heterocycles. The van der Waals surface area contributed by atoms with Crippen LogP contribution >= 0.6 is 0 Å². The largest absolute Gasteiger partial charge is 0.493 e. The Labute approximate surface area is 258 Å². The molecule has 0 amide bonds. The summed E-state index contributed by atoms with van der Waals surface area (Å²) in [4.78, 5) is 0. The summed E-state index contributed by atoms with van der Waals surface area (Å²) in [6.45, 7) is 12.2. The van der Waals surface area contributed by atoms with E-state index in [4.69, 9.17) is 9.47 Å². The standard InChI is InChI=1S/C41H44O2/c1-6-8-24-42-40-28-39(36-21-19-34(20-22-36)37-23-12-30(4)26-31(37)5)41(43-25-9-7-2)27-38(40)35-17-15-33(16-18-35)32-13-10-29(3)11-14-32/h10-23,26-28H,6-9,24-25H2,1-5H3. The quantitative estimate of drug-likeness (QED) is 0.139. The Bertz CT molecular complexity index is 1630. The average molecular weight is 569 g/mol. The second kappa shape index (κ2) is 14.2. The Morgan fingerprint density at radius 2 is 0.814 bits per heavy atom. The van der Waals surface area contributed by atoms with E-state index in [1.807, 2.05) is 0 Å². The fraction of sp³-hybridized carbons (Fsp3) is 0.268. The Balaban J connectivity index is 1.55. The molecular weight excluding hydrogens is 524 g/mol. The van der Waals surface area contributed by atoms with Gasteiger partial charge in [0.1, 0.15) is 11.5 Å². The molecule has 5 aromatic rings. The summed E-state index contributed by atoms with van der Waals surface area (Å²) in [5.41, 5.74) is 13.1. The van der Waals surface area contributed by atoms with Crippen molar-refractivity contribution in [2.24, 2.45) is 0 Å². The molecule has 0 heterocycles. The Morgan fingerprint density at radius 3 is 1.26 bits per heavy atom. The van der Waals surface area contributed by atoms with Gasteiger partial charge in [-0.2, -0.15) is 0 Å². The maximum absolute atomic E-state index is 6.47. The van der Waals surface area contributed by atoms with Gasteiger partial charge in [0.2, 0.25) is 0 Å². The number of benzene rings is 5. The third kappa shape index (κ3) is 7.38. The normalized spacial score (nSPS) is 11.0. The van der Waals surface area contributed by atoms with Crippen LogP contribution in [0.25, 0.3) is 44.5 Å². The zero-order valence-electron chi connectivity index (χ0n) is 26.4. The van der Waals surface area contributed by atoms with Crippen molar-refractivity contribution in [3.8, 4) is 56.0 Å². The van der Waals surface area contributed by atoms with E-state index in [0.717, 1.165) is 59.4 Å². The van der Waals surface area contributed by atoms with E-state index in [9.17, 15) is 0 Å². The molecule has 5 aromatic carbocycles. The third-order valence-electron chi connectivity index (χ3n) is 8.06. The molecule has 0 aliphatic carbocycles. The summed E-state index contributed by atoms with van der Waals surface area (Å²) in [7, 11) is 0. The summed E-state index contributed by atoms with van der Waals surface area (Å²) in [5.74, 6) is 1.79. The second-order valence-corrected chi connectivity index (χ2v) is 11.6. The smallest absolute Gasteiger partial charge is 0.128 e. The molecule has 0 aromatic heterocycles. The minimum Gasteiger partial charge on any atom is -0.493 e. The number of hydrogen-bond donors (Lipinski definition) is 0. The molecule has 0 aliphatic heterocycles. The van der Waals surface area contributed by atoms with Gasteiger partial charge in [-0.3, -0.25) is 0 Å². The predicted molar refractivity (Wildman–Crippen MR) is 183 cm³/mol. The number of ether oxygens (including phenoxy) is 2. The molecule has 2 heteroatoms. The van der Waals surface area contributed by atoms with Gasteiger partial charge in [0, 0.05) is 11.1 Å². The summed E-state index contributed by atoms with van der Waals surface area (Å²) in [6, 6.07) is 37.4. The zero-order valence-corrected chi connectivity index (χ0v) is 26.4. The first-order valence-electron chi connectivity index (χ1n) is 15.8. The predicted octanol–water partition coefficient (Wildman–Crippen LogP) is 11.6. The SMILES string of the molecule is CCCCOc1cc(-c2ccc(-c3ccc(C)cc3C)cc2)c(OCCCC)cc1-c1ccc(-c2ccc(C)cc2)cc1. The lowest BCUT2D eigenvalue weighted by Crippen LogP contribution is -2.02. The van der Waals surface area contributed by atoms with Gasteiger partial charge in [0.05, 0.1) is 13.2 Å². The van der Waals surface area contributed by atoms with E-state index in [2.05, 4.69) is 138 Å².